The molecule has 0 bridgehead atoms. The van der Waals surface area contributed by atoms with Crippen molar-refractivity contribution in [2.24, 2.45) is 0 Å². The highest BCUT2D eigenvalue weighted by atomic mass is 19.1. The second-order valence-corrected chi connectivity index (χ2v) is 5.99. The molecule has 0 unspecified atom stereocenters. The molecule has 0 aliphatic rings. The van der Waals surface area contributed by atoms with Crippen LogP contribution in [0.5, 0.6) is 5.75 Å². The van der Waals surface area contributed by atoms with Gasteiger partial charge in [-0.05, 0) is 48.0 Å². The largest absolute Gasteiger partial charge is 0.496 e. The van der Waals surface area contributed by atoms with Crippen LogP contribution < -0.4 is 10.1 Å². The van der Waals surface area contributed by atoms with E-state index >= 15 is 0 Å². The Balaban J connectivity index is 1.66. The Labute approximate surface area is 161 Å². The van der Waals surface area contributed by atoms with Gasteiger partial charge >= 0.3 is 0 Å². The van der Waals surface area contributed by atoms with Crippen LogP contribution in [0, 0.1) is 5.82 Å². The first kappa shape index (κ1) is 17.7. The number of aromatic nitrogens is 3. The van der Waals surface area contributed by atoms with Crippen LogP contribution in [0.1, 0.15) is 0 Å². The average Bonchev–Trinajstić information content (AvgIpc) is 3.24. The molecular weight excluding hydrogens is 359 g/mol. The van der Waals surface area contributed by atoms with Gasteiger partial charge in [0.05, 0.1) is 12.7 Å². The number of pyridine rings is 1. The molecule has 7 heteroatoms. The molecule has 2 heterocycles. The molecule has 0 spiro atoms. The van der Waals surface area contributed by atoms with Gasteiger partial charge in [0.15, 0.2) is 0 Å². The predicted molar refractivity (Wildman–Crippen MR) is 104 cm³/mol. The van der Waals surface area contributed by atoms with Crippen LogP contribution in [0.15, 0.2) is 65.3 Å². The molecule has 2 aromatic carbocycles. The number of anilines is 1. The molecule has 0 fully saturated rings. The van der Waals surface area contributed by atoms with Crippen LogP contribution in [-0.4, -0.2) is 29.3 Å². The van der Waals surface area contributed by atoms with Crippen LogP contribution in [-0.2, 0) is 0 Å². The molecule has 0 amide bonds. The number of hydrogen-bond acceptors (Lipinski definition) is 6. The molecule has 4 rings (SSSR count). The van der Waals surface area contributed by atoms with Gasteiger partial charge in [0.1, 0.15) is 17.4 Å². The smallest absolute Gasteiger partial charge is 0.258 e. The molecule has 2 aromatic heterocycles. The first-order chi connectivity index (χ1) is 13.7. The van der Waals surface area contributed by atoms with E-state index in [1.54, 1.807) is 26.4 Å². The summed E-state index contributed by atoms with van der Waals surface area (Å²) < 4.78 is 24.4. The van der Waals surface area contributed by atoms with E-state index in [1.807, 2.05) is 36.4 Å². The summed E-state index contributed by atoms with van der Waals surface area (Å²) >= 11 is 0. The van der Waals surface area contributed by atoms with Crippen molar-refractivity contribution >= 4 is 5.82 Å². The Morgan fingerprint density at radius 2 is 1.79 bits per heavy atom. The number of ether oxygens (including phenoxy) is 1. The van der Waals surface area contributed by atoms with Crippen LogP contribution >= 0.6 is 0 Å². The monoisotopic (exact) mass is 376 g/mol. The lowest BCUT2D eigenvalue weighted by molar-refractivity contribution is 0.415. The van der Waals surface area contributed by atoms with E-state index in [0.29, 0.717) is 28.8 Å². The van der Waals surface area contributed by atoms with Crippen LogP contribution in [0.3, 0.4) is 0 Å². The van der Waals surface area contributed by atoms with Crippen molar-refractivity contribution in [1.82, 2.24) is 15.1 Å². The Morgan fingerprint density at radius 1 is 1.00 bits per heavy atom. The lowest BCUT2D eigenvalue weighted by Gasteiger charge is -2.09. The van der Waals surface area contributed by atoms with Crippen LogP contribution in [0.25, 0.3) is 34.0 Å². The van der Waals surface area contributed by atoms with Gasteiger partial charge in [-0.1, -0.05) is 17.3 Å². The third-order valence-corrected chi connectivity index (χ3v) is 4.32. The van der Waals surface area contributed by atoms with E-state index in [9.17, 15) is 4.39 Å². The van der Waals surface area contributed by atoms with E-state index in [4.69, 9.17) is 9.26 Å². The van der Waals surface area contributed by atoms with Gasteiger partial charge in [-0.25, -0.2) is 9.37 Å². The summed E-state index contributed by atoms with van der Waals surface area (Å²) in [5.74, 6) is 1.79. The standard InChI is InChI=1S/C21H17FN4O2/c1-23-19-16(4-3-11-24-19)20-25-21(28-26-20)14-7-5-13(6-8-14)17-12-15(22)9-10-18(17)27-2/h3-12H,1-2H3,(H,23,24). The Hall–Kier alpha value is -3.74. The molecule has 4 aromatic rings. The Kier molecular flexibility index (Phi) is 4.72. The molecule has 28 heavy (non-hydrogen) atoms. The maximum absolute atomic E-state index is 13.6. The van der Waals surface area contributed by atoms with Gasteiger partial charge in [-0.2, -0.15) is 4.98 Å². The lowest BCUT2D eigenvalue weighted by atomic mass is 10.0. The predicted octanol–water partition coefficient (Wildman–Crippen LogP) is 4.66. The molecule has 140 valence electrons. The van der Waals surface area contributed by atoms with E-state index in [-0.39, 0.29) is 5.82 Å². The minimum atomic E-state index is -0.321. The normalized spacial score (nSPS) is 10.7. The van der Waals surface area contributed by atoms with Crippen molar-refractivity contribution in [3.63, 3.8) is 0 Å². The molecule has 0 saturated carbocycles. The van der Waals surface area contributed by atoms with Crippen LogP contribution in [0.2, 0.25) is 0 Å². The number of halogens is 1. The first-order valence-corrected chi connectivity index (χ1v) is 8.61. The summed E-state index contributed by atoms with van der Waals surface area (Å²) in [6.45, 7) is 0. The van der Waals surface area contributed by atoms with Gasteiger partial charge in [-0.15, -0.1) is 0 Å². The Bertz CT molecular complexity index is 1110. The fourth-order valence-corrected chi connectivity index (χ4v) is 2.93. The number of rotatable bonds is 5. The number of benzene rings is 2. The summed E-state index contributed by atoms with van der Waals surface area (Å²) in [6.07, 6.45) is 1.69. The Morgan fingerprint density at radius 3 is 2.54 bits per heavy atom. The summed E-state index contributed by atoms with van der Waals surface area (Å²) in [5.41, 5.74) is 3.01. The van der Waals surface area contributed by atoms with Gasteiger partial charge in [-0.3, -0.25) is 0 Å². The summed E-state index contributed by atoms with van der Waals surface area (Å²) in [4.78, 5) is 8.72. The molecule has 0 aliphatic carbocycles. The van der Waals surface area contributed by atoms with E-state index in [2.05, 4.69) is 20.4 Å². The molecule has 6 nitrogen and oxygen atoms in total. The fraction of sp³-hybridized carbons (Fsp3) is 0.0952. The highest BCUT2D eigenvalue weighted by molar-refractivity contribution is 5.74. The molecule has 0 atom stereocenters. The zero-order valence-electron chi connectivity index (χ0n) is 15.3. The second kappa shape index (κ2) is 7.48. The van der Waals surface area contributed by atoms with Crippen LogP contribution in [0.4, 0.5) is 10.2 Å². The number of hydrogen-bond donors (Lipinski definition) is 1. The van der Waals surface area contributed by atoms with Crippen molar-refractivity contribution < 1.29 is 13.7 Å². The van der Waals surface area contributed by atoms with Crippen molar-refractivity contribution in [1.29, 1.82) is 0 Å². The summed E-state index contributed by atoms with van der Waals surface area (Å²) in [7, 11) is 3.34. The SMILES string of the molecule is CNc1ncccc1-c1noc(-c2ccc(-c3cc(F)ccc3OC)cc2)n1. The third-order valence-electron chi connectivity index (χ3n) is 4.32. The first-order valence-electron chi connectivity index (χ1n) is 8.61. The van der Waals surface area contributed by atoms with E-state index < -0.39 is 0 Å². The number of nitrogens with one attached hydrogen (secondary N) is 1. The van der Waals surface area contributed by atoms with Gasteiger partial charge in [0.2, 0.25) is 5.82 Å². The molecule has 0 saturated heterocycles. The van der Waals surface area contributed by atoms with Gasteiger partial charge in [0, 0.05) is 24.4 Å². The van der Waals surface area contributed by atoms with Crippen molar-refractivity contribution in [3.05, 3.63) is 66.6 Å². The third kappa shape index (κ3) is 3.29. The molecular formula is C21H17FN4O2. The maximum atomic E-state index is 13.6. The van der Waals surface area contributed by atoms with E-state index in [1.165, 1.54) is 12.1 Å². The quantitative estimate of drug-likeness (QED) is 0.546. The minimum absolute atomic E-state index is 0.321. The summed E-state index contributed by atoms with van der Waals surface area (Å²) in [6, 6.07) is 15.5. The zero-order valence-corrected chi connectivity index (χ0v) is 15.3. The topological polar surface area (TPSA) is 73.1 Å². The molecule has 1 N–H and O–H groups in total. The second-order valence-electron chi connectivity index (χ2n) is 5.99. The summed E-state index contributed by atoms with van der Waals surface area (Å²) in [5, 5.41) is 7.06. The molecule has 0 aliphatic heterocycles. The van der Waals surface area contributed by atoms with Crippen molar-refractivity contribution in [2.45, 2.75) is 0 Å². The molecule has 0 radical (unpaired) electrons. The highest BCUT2D eigenvalue weighted by Gasteiger charge is 2.14. The van der Waals surface area contributed by atoms with E-state index in [0.717, 1.165) is 16.7 Å². The maximum Gasteiger partial charge on any atom is 0.258 e. The van der Waals surface area contributed by atoms with Crippen molar-refractivity contribution in [3.8, 4) is 39.7 Å². The number of nitrogens with zero attached hydrogens (tertiary/aromatic N) is 3. The average molecular weight is 376 g/mol. The fourth-order valence-electron chi connectivity index (χ4n) is 2.93. The number of methoxy groups -OCH3 is 1. The lowest BCUT2D eigenvalue weighted by Crippen LogP contribution is -1.95. The van der Waals surface area contributed by atoms with Crippen molar-refractivity contribution in [2.75, 3.05) is 19.5 Å². The zero-order chi connectivity index (χ0) is 19.5. The van der Waals surface area contributed by atoms with Gasteiger partial charge in [0.25, 0.3) is 5.89 Å². The van der Waals surface area contributed by atoms with Gasteiger partial charge < -0.3 is 14.6 Å². The highest BCUT2D eigenvalue weighted by Crippen LogP contribution is 2.32. The minimum Gasteiger partial charge on any atom is -0.496 e.